The number of benzene rings is 2. The second-order valence-corrected chi connectivity index (χ2v) is 6.42. The average Bonchev–Trinajstić information content (AvgIpc) is 3.16. The molecular formula is C20H10Cl2N2O4. The summed E-state index contributed by atoms with van der Waals surface area (Å²) < 4.78 is 5.63. The molecule has 0 aliphatic heterocycles. The molecule has 0 bridgehead atoms. The molecule has 0 spiro atoms. The van der Waals surface area contributed by atoms with Gasteiger partial charge < -0.3 is 4.42 Å². The topological polar surface area (TPSA) is 97.1 Å². The van der Waals surface area contributed by atoms with Gasteiger partial charge in [-0.15, -0.1) is 0 Å². The molecule has 3 aromatic rings. The molecule has 0 amide bonds. The number of halogens is 2. The SMILES string of the molecule is N#C/C(=C\c1ccc(-c2cc(Cl)c([N+](=O)[O-])cc2Cl)o1)C(=O)c1ccccc1. The smallest absolute Gasteiger partial charge is 0.289 e. The standard InChI is InChI=1S/C20H10Cl2N2O4/c21-16-10-18(24(26)27)17(22)9-15(16)19-7-6-14(28-19)8-13(11-23)20(25)12-4-2-1-3-5-12/h1-10H/b13-8+. The molecule has 1 aromatic heterocycles. The van der Waals surface area contributed by atoms with Crippen LogP contribution in [0.1, 0.15) is 16.1 Å². The molecule has 0 unspecified atom stereocenters. The largest absolute Gasteiger partial charge is 0.457 e. The molecule has 8 heteroatoms. The van der Waals surface area contributed by atoms with E-state index in [4.69, 9.17) is 27.6 Å². The normalized spacial score (nSPS) is 11.1. The molecule has 0 saturated carbocycles. The number of hydrogen-bond donors (Lipinski definition) is 0. The number of furan rings is 1. The van der Waals surface area contributed by atoms with E-state index in [1.807, 2.05) is 6.07 Å². The molecular weight excluding hydrogens is 403 g/mol. The molecule has 3 rings (SSSR count). The van der Waals surface area contributed by atoms with Crippen molar-refractivity contribution in [2.24, 2.45) is 0 Å². The maximum Gasteiger partial charge on any atom is 0.289 e. The third kappa shape index (κ3) is 3.96. The van der Waals surface area contributed by atoms with Crippen molar-refractivity contribution >= 4 is 40.7 Å². The van der Waals surface area contributed by atoms with Gasteiger partial charge >= 0.3 is 0 Å². The number of nitro groups is 1. The van der Waals surface area contributed by atoms with Crippen LogP contribution >= 0.6 is 23.2 Å². The minimum Gasteiger partial charge on any atom is -0.457 e. The third-order valence-corrected chi connectivity index (χ3v) is 4.43. The molecule has 0 atom stereocenters. The van der Waals surface area contributed by atoms with E-state index in [9.17, 15) is 20.2 Å². The highest BCUT2D eigenvalue weighted by Crippen LogP contribution is 2.37. The highest BCUT2D eigenvalue weighted by molar-refractivity contribution is 6.36. The van der Waals surface area contributed by atoms with Crippen LogP contribution in [0.3, 0.4) is 0 Å². The van der Waals surface area contributed by atoms with Crippen molar-refractivity contribution < 1.29 is 14.1 Å². The summed E-state index contributed by atoms with van der Waals surface area (Å²) in [6.07, 6.45) is 1.32. The Kier molecular flexibility index (Phi) is 5.59. The third-order valence-electron chi connectivity index (χ3n) is 3.81. The first-order valence-electron chi connectivity index (χ1n) is 7.86. The van der Waals surface area contributed by atoms with Gasteiger partial charge in [0.2, 0.25) is 5.78 Å². The van der Waals surface area contributed by atoms with E-state index in [-0.39, 0.29) is 32.8 Å². The van der Waals surface area contributed by atoms with Crippen LogP contribution in [0.4, 0.5) is 5.69 Å². The van der Waals surface area contributed by atoms with E-state index < -0.39 is 10.7 Å². The van der Waals surface area contributed by atoms with Crippen LogP contribution in [-0.4, -0.2) is 10.7 Å². The summed E-state index contributed by atoms with van der Waals surface area (Å²) in [5.41, 5.74) is 0.319. The van der Waals surface area contributed by atoms with Crippen molar-refractivity contribution in [1.82, 2.24) is 0 Å². The summed E-state index contributed by atoms with van der Waals surface area (Å²) in [4.78, 5) is 22.7. The molecule has 1 heterocycles. The highest BCUT2D eigenvalue weighted by Gasteiger charge is 2.19. The number of rotatable bonds is 5. The van der Waals surface area contributed by atoms with Crippen molar-refractivity contribution in [3.63, 3.8) is 0 Å². The van der Waals surface area contributed by atoms with Crippen LogP contribution in [0.25, 0.3) is 17.4 Å². The maximum absolute atomic E-state index is 12.4. The molecule has 0 saturated heterocycles. The second-order valence-electron chi connectivity index (χ2n) is 5.61. The molecule has 0 aliphatic rings. The predicted molar refractivity (Wildman–Crippen MR) is 105 cm³/mol. The number of nitriles is 1. The zero-order valence-electron chi connectivity index (χ0n) is 14.1. The average molecular weight is 413 g/mol. The van der Waals surface area contributed by atoms with Crippen LogP contribution in [0, 0.1) is 21.4 Å². The Morgan fingerprint density at radius 2 is 1.82 bits per heavy atom. The Balaban J connectivity index is 1.95. The summed E-state index contributed by atoms with van der Waals surface area (Å²) in [6, 6.07) is 15.8. The Labute approximate surface area is 169 Å². The first-order chi connectivity index (χ1) is 13.4. The van der Waals surface area contributed by atoms with Crippen LogP contribution in [0.15, 0.2) is 64.6 Å². The van der Waals surface area contributed by atoms with Gasteiger partial charge in [-0.2, -0.15) is 5.26 Å². The molecule has 0 aliphatic carbocycles. The van der Waals surface area contributed by atoms with E-state index in [0.29, 0.717) is 11.1 Å². The fourth-order valence-corrected chi connectivity index (χ4v) is 2.96. The molecule has 6 nitrogen and oxygen atoms in total. The van der Waals surface area contributed by atoms with E-state index >= 15 is 0 Å². The summed E-state index contributed by atoms with van der Waals surface area (Å²) in [6.45, 7) is 0. The lowest BCUT2D eigenvalue weighted by Crippen LogP contribution is -2.01. The van der Waals surface area contributed by atoms with Crippen molar-refractivity contribution in [2.75, 3.05) is 0 Å². The van der Waals surface area contributed by atoms with E-state index in [1.54, 1.807) is 42.5 Å². The molecule has 138 valence electrons. The monoisotopic (exact) mass is 412 g/mol. The number of hydrogen-bond acceptors (Lipinski definition) is 5. The van der Waals surface area contributed by atoms with Crippen molar-refractivity contribution in [3.05, 3.63) is 91.7 Å². The van der Waals surface area contributed by atoms with E-state index in [1.165, 1.54) is 12.1 Å². The number of ketones is 1. The summed E-state index contributed by atoms with van der Waals surface area (Å²) >= 11 is 12.0. The van der Waals surface area contributed by atoms with Gasteiger partial charge in [-0.1, -0.05) is 53.5 Å². The van der Waals surface area contributed by atoms with Gasteiger partial charge in [-0.25, -0.2) is 0 Å². The molecule has 0 fully saturated rings. The molecule has 0 radical (unpaired) electrons. The zero-order chi connectivity index (χ0) is 20.3. The van der Waals surface area contributed by atoms with Crippen molar-refractivity contribution in [3.8, 4) is 17.4 Å². The number of carbonyl (C=O) groups excluding carboxylic acids is 1. The Morgan fingerprint density at radius 1 is 1.11 bits per heavy atom. The van der Waals surface area contributed by atoms with Crippen LogP contribution < -0.4 is 0 Å². The summed E-state index contributed by atoms with van der Waals surface area (Å²) in [7, 11) is 0. The fraction of sp³-hybridized carbons (Fsp3) is 0. The Bertz CT molecular complexity index is 1140. The number of nitrogens with zero attached hydrogens (tertiary/aromatic N) is 2. The minimum atomic E-state index is -0.636. The van der Waals surface area contributed by atoms with Crippen molar-refractivity contribution in [1.29, 1.82) is 5.26 Å². The van der Waals surface area contributed by atoms with Crippen molar-refractivity contribution in [2.45, 2.75) is 0 Å². The molecule has 2 aromatic carbocycles. The quantitative estimate of drug-likeness (QED) is 0.169. The van der Waals surface area contributed by atoms with E-state index in [2.05, 4.69) is 0 Å². The zero-order valence-corrected chi connectivity index (χ0v) is 15.6. The van der Waals surface area contributed by atoms with Crippen LogP contribution in [-0.2, 0) is 0 Å². The van der Waals surface area contributed by atoms with Gasteiger partial charge in [-0.05, 0) is 18.2 Å². The van der Waals surface area contributed by atoms with Gasteiger partial charge in [0.05, 0.1) is 9.95 Å². The lowest BCUT2D eigenvalue weighted by molar-refractivity contribution is -0.384. The van der Waals surface area contributed by atoms with E-state index in [0.717, 1.165) is 6.07 Å². The van der Waals surface area contributed by atoms with Gasteiger partial charge in [-0.3, -0.25) is 14.9 Å². The van der Waals surface area contributed by atoms with Crippen LogP contribution in [0.2, 0.25) is 10.0 Å². The first kappa shape index (κ1) is 19.4. The maximum atomic E-state index is 12.4. The lowest BCUT2D eigenvalue weighted by Gasteiger charge is -2.03. The van der Waals surface area contributed by atoms with Crippen LogP contribution in [0.5, 0.6) is 0 Å². The Morgan fingerprint density at radius 3 is 2.46 bits per heavy atom. The number of Topliss-reactive ketones (excluding diaryl/α,β-unsaturated/α-hetero) is 1. The summed E-state index contributed by atoms with van der Waals surface area (Å²) in [5, 5.41) is 20.2. The number of carbonyl (C=O) groups is 1. The number of allylic oxidation sites excluding steroid dienone is 1. The lowest BCUT2D eigenvalue weighted by atomic mass is 10.0. The molecule has 0 N–H and O–H groups in total. The minimum absolute atomic E-state index is 0.0850. The highest BCUT2D eigenvalue weighted by atomic mass is 35.5. The van der Waals surface area contributed by atoms with Gasteiger partial charge in [0.1, 0.15) is 28.2 Å². The van der Waals surface area contributed by atoms with Gasteiger partial charge in [0.15, 0.2) is 0 Å². The molecule has 28 heavy (non-hydrogen) atoms. The second kappa shape index (κ2) is 8.09. The summed E-state index contributed by atoms with van der Waals surface area (Å²) in [5.74, 6) is 0.108. The van der Waals surface area contributed by atoms with Gasteiger partial charge in [0.25, 0.3) is 5.69 Å². The predicted octanol–water partition coefficient (Wildman–Crippen LogP) is 5.95. The Hall–Kier alpha value is -3.40. The fourth-order valence-electron chi connectivity index (χ4n) is 2.48. The first-order valence-corrected chi connectivity index (χ1v) is 8.61. The number of nitro benzene ring substituents is 1. The van der Waals surface area contributed by atoms with Gasteiger partial charge in [0, 0.05) is 23.3 Å².